The monoisotopic (exact) mass is 473 g/mol. The fraction of sp³-hybridized carbons (Fsp3) is 0.235. The van der Waals surface area contributed by atoms with Gasteiger partial charge in [0.05, 0.1) is 21.9 Å². The number of nitrogens with one attached hydrogen (secondary N) is 1. The van der Waals surface area contributed by atoms with Crippen molar-refractivity contribution in [2.24, 2.45) is 0 Å². The first-order valence-electron chi connectivity index (χ1n) is 8.04. The van der Waals surface area contributed by atoms with Crippen molar-refractivity contribution in [2.75, 3.05) is 12.1 Å². The average Bonchev–Trinajstić information content (AvgIpc) is 3.33. The van der Waals surface area contributed by atoms with Gasteiger partial charge in [0.2, 0.25) is 0 Å². The predicted octanol–water partition coefficient (Wildman–Crippen LogP) is 2.24. The van der Waals surface area contributed by atoms with Crippen molar-refractivity contribution in [3.8, 4) is 11.3 Å². The number of hydrogen-bond acceptors (Lipinski definition) is 6. The van der Waals surface area contributed by atoms with E-state index in [0.717, 1.165) is 5.39 Å². The number of hydrogen-bond donors (Lipinski definition) is 1. The van der Waals surface area contributed by atoms with Crippen LogP contribution in [-0.2, 0) is 0 Å². The van der Waals surface area contributed by atoms with E-state index in [-0.39, 0.29) is 51.4 Å². The number of nitrogens with zero attached hydrogens (tertiary/aromatic N) is 4. The zero-order chi connectivity index (χ0) is 18.3. The first-order chi connectivity index (χ1) is 12.5. The summed E-state index contributed by atoms with van der Waals surface area (Å²) in [5.74, 6) is -0.400. The predicted molar refractivity (Wildman–Crippen MR) is 106 cm³/mol. The van der Waals surface area contributed by atoms with E-state index >= 15 is 0 Å². The van der Waals surface area contributed by atoms with Gasteiger partial charge in [0.15, 0.2) is 5.13 Å². The molecular weight excluding hydrogens is 460 g/mol. The zero-order valence-electron chi connectivity index (χ0n) is 14.8. The fourth-order valence-corrected chi connectivity index (χ4v) is 3.70. The Bertz CT molecular complexity index is 1100. The second-order valence-corrected chi connectivity index (χ2v) is 7.70. The second kappa shape index (κ2) is 8.91. The van der Waals surface area contributed by atoms with Crippen LogP contribution in [0, 0.1) is 11.0 Å². The third-order valence-electron chi connectivity index (χ3n) is 3.76. The summed E-state index contributed by atoms with van der Waals surface area (Å²) in [4.78, 5) is 9.36. The molecule has 1 aliphatic carbocycles. The van der Waals surface area contributed by atoms with Gasteiger partial charge in [-0.05, 0) is 35.1 Å². The number of H-pyrrole nitrogens is 1. The van der Waals surface area contributed by atoms with Crippen LogP contribution in [0.5, 0.6) is 0 Å². The molecule has 134 valence electrons. The van der Waals surface area contributed by atoms with Gasteiger partial charge in [0, 0.05) is 17.0 Å². The number of aromatic nitrogens is 4. The van der Waals surface area contributed by atoms with Gasteiger partial charge in [0.25, 0.3) is 0 Å². The van der Waals surface area contributed by atoms with Crippen molar-refractivity contribution >= 4 is 53.6 Å². The minimum atomic E-state index is -0.400. The maximum atomic E-state index is 14.1. The van der Waals surface area contributed by atoms with E-state index in [0.29, 0.717) is 41.8 Å². The van der Waals surface area contributed by atoms with E-state index in [4.69, 9.17) is 0 Å². The van der Waals surface area contributed by atoms with Crippen LogP contribution in [-0.4, -0.2) is 27.2 Å². The molecule has 1 fully saturated rings. The summed E-state index contributed by atoms with van der Waals surface area (Å²) in [6.45, 7) is 0. The Kier molecular flexibility index (Phi) is 7.01. The maximum absolute atomic E-state index is 14.1. The minimum Gasteiger partial charge on any atom is -0.757 e. The molecule has 27 heavy (non-hydrogen) atoms. The molecular formula is C17H14BrFKN5OS. The van der Waals surface area contributed by atoms with Crippen LogP contribution in [0.25, 0.3) is 32.5 Å². The number of halogens is 2. The van der Waals surface area contributed by atoms with E-state index in [1.807, 2.05) is 0 Å². The molecule has 1 aliphatic rings. The fourth-order valence-electron chi connectivity index (χ4n) is 2.36. The molecule has 0 spiro atoms. The summed E-state index contributed by atoms with van der Waals surface area (Å²) in [5.41, 5.74) is 2.42. The van der Waals surface area contributed by atoms with Gasteiger partial charge in [-0.2, -0.15) is 5.10 Å². The van der Waals surface area contributed by atoms with Crippen LogP contribution < -0.4 is 56.4 Å². The molecule has 10 heteroatoms. The Balaban J connectivity index is 0.000000480. The molecule has 6 nitrogen and oxygen atoms in total. The van der Waals surface area contributed by atoms with Gasteiger partial charge >= 0.3 is 51.4 Å². The Morgan fingerprint density at radius 2 is 2.00 bits per heavy atom. The number of anilines is 1. The minimum absolute atomic E-state index is 0. The SMILES string of the molecule is C1CC1.CN([O-])c1nc2ccc(-c3c(Br)c(F)cc4[nH]ncc34)nc2s1.[K+]. The number of benzene rings is 1. The molecule has 0 bridgehead atoms. The van der Waals surface area contributed by atoms with Gasteiger partial charge in [-0.25, -0.2) is 14.4 Å². The van der Waals surface area contributed by atoms with Crippen molar-refractivity contribution in [1.82, 2.24) is 20.2 Å². The molecule has 1 saturated carbocycles. The van der Waals surface area contributed by atoms with Crippen molar-refractivity contribution in [3.05, 3.63) is 39.9 Å². The molecule has 0 saturated heterocycles. The molecule has 0 atom stereocenters. The zero-order valence-corrected chi connectivity index (χ0v) is 20.3. The summed E-state index contributed by atoms with van der Waals surface area (Å²) < 4.78 is 14.4. The average molecular weight is 474 g/mol. The Hall–Kier alpha value is -0.464. The Morgan fingerprint density at radius 1 is 1.26 bits per heavy atom. The quantitative estimate of drug-likeness (QED) is 0.356. The number of thiazole rings is 1. The Morgan fingerprint density at radius 3 is 2.67 bits per heavy atom. The van der Waals surface area contributed by atoms with Crippen molar-refractivity contribution in [2.45, 2.75) is 19.3 Å². The number of fused-ring (bicyclic) bond motifs is 2. The van der Waals surface area contributed by atoms with E-state index < -0.39 is 5.82 Å². The van der Waals surface area contributed by atoms with Crippen LogP contribution in [0.15, 0.2) is 28.9 Å². The van der Waals surface area contributed by atoms with E-state index in [1.165, 1.54) is 43.7 Å². The molecule has 1 N–H and O–H groups in total. The van der Waals surface area contributed by atoms with Gasteiger partial charge in [-0.1, -0.05) is 30.6 Å². The van der Waals surface area contributed by atoms with E-state index in [2.05, 4.69) is 36.1 Å². The topological polar surface area (TPSA) is 80.8 Å². The third kappa shape index (κ3) is 4.59. The number of pyridine rings is 1. The van der Waals surface area contributed by atoms with Crippen LogP contribution >= 0.6 is 27.3 Å². The van der Waals surface area contributed by atoms with Gasteiger partial charge in [-0.15, -0.1) is 0 Å². The van der Waals surface area contributed by atoms with E-state index in [9.17, 15) is 9.60 Å². The second-order valence-electron chi connectivity index (χ2n) is 5.95. The largest absolute Gasteiger partial charge is 1.00 e. The molecule has 0 amide bonds. The summed E-state index contributed by atoms with van der Waals surface area (Å²) >= 11 is 4.48. The molecule has 3 aromatic heterocycles. The van der Waals surface area contributed by atoms with Gasteiger partial charge in [-0.3, -0.25) is 5.10 Å². The van der Waals surface area contributed by atoms with E-state index in [1.54, 1.807) is 18.3 Å². The van der Waals surface area contributed by atoms with Crippen LogP contribution in [0.2, 0.25) is 0 Å². The van der Waals surface area contributed by atoms with Gasteiger partial charge in [0.1, 0.15) is 16.2 Å². The first kappa shape index (κ1) is 21.3. The van der Waals surface area contributed by atoms with Gasteiger partial charge < -0.3 is 10.3 Å². The summed E-state index contributed by atoms with van der Waals surface area (Å²) in [6.07, 6.45) is 6.13. The van der Waals surface area contributed by atoms with Crippen molar-refractivity contribution in [3.63, 3.8) is 0 Å². The Labute approximate surface area is 209 Å². The standard InChI is InChI=1S/C14H8BrFN5OS.C3H6.K/c1-21(22)14-19-9-3-2-8(18-13(9)23-14)11-6-5-17-20-10(6)4-7(16)12(11)15;1-2-3-1;/h2-5H,1H3,(H,17,20);1-3H2;/q-1;;+1. The molecule has 3 heterocycles. The summed E-state index contributed by atoms with van der Waals surface area (Å²) in [6, 6.07) is 4.90. The number of rotatable bonds is 2. The summed E-state index contributed by atoms with van der Waals surface area (Å²) in [5, 5.41) is 19.9. The smallest absolute Gasteiger partial charge is 0.757 e. The van der Waals surface area contributed by atoms with Crippen LogP contribution in [0.4, 0.5) is 9.52 Å². The molecule has 0 unspecified atom stereocenters. The number of hydroxylamine groups is 1. The molecule has 0 radical (unpaired) electrons. The maximum Gasteiger partial charge on any atom is 1.00 e. The van der Waals surface area contributed by atoms with Crippen molar-refractivity contribution in [1.29, 1.82) is 0 Å². The summed E-state index contributed by atoms with van der Waals surface area (Å²) in [7, 11) is 1.39. The van der Waals surface area contributed by atoms with Crippen LogP contribution in [0.1, 0.15) is 19.3 Å². The molecule has 0 aliphatic heterocycles. The molecule has 4 aromatic rings. The van der Waals surface area contributed by atoms with Crippen LogP contribution in [0.3, 0.4) is 0 Å². The van der Waals surface area contributed by atoms with Crippen molar-refractivity contribution < 1.29 is 55.8 Å². The number of aromatic amines is 1. The molecule has 1 aromatic carbocycles. The third-order valence-corrected chi connectivity index (χ3v) is 5.56. The normalized spacial score (nSPS) is 12.4. The molecule has 5 rings (SSSR count). The first-order valence-corrected chi connectivity index (χ1v) is 9.65.